The summed E-state index contributed by atoms with van der Waals surface area (Å²) in [7, 11) is 4.01. The van der Waals surface area contributed by atoms with Crippen molar-refractivity contribution < 1.29 is 14.6 Å². The Bertz CT molecular complexity index is 984. The number of nitrogens with zero attached hydrogens (tertiary/aromatic N) is 4. The summed E-state index contributed by atoms with van der Waals surface area (Å²) in [5.74, 6) is 0.950. The second-order valence-corrected chi connectivity index (χ2v) is 10.0. The molecule has 1 aromatic rings. The van der Waals surface area contributed by atoms with Gasteiger partial charge in [0.1, 0.15) is 12.1 Å². The van der Waals surface area contributed by atoms with Crippen molar-refractivity contribution in [2.45, 2.75) is 44.5 Å². The summed E-state index contributed by atoms with van der Waals surface area (Å²) in [6.45, 7) is 9.74. The van der Waals surface area contributed by atoms with E-state index in [2.05, 4.69) is 32.1 Å². The standard InChI is InChI=1S/C25H40N8O3/c1-6-21(34)29-17-7-8-20(28-13-17)31-23(27)18-14-33(25(2,3)22(18)26)24(35)30-19(15-32(4)5)16-9-11-36-12-10-16/h6-8,13,16,19,21,29,34H,1,9-12,14-15,26H2,2-5H3,(H,30,35)(H2,27,28,31)/t19-,21?/m1/s1. The number of pyridine rings is 1. The average Bonchev–Trinajstić information content (AvgIpc) is 3.09. The number of aliphatic imine (C=N–C) groups is 1. The Balaban J connectivity index is 1.73. The van der Waals surface area contributed by atoms with Gasteiger partial charge in [0.2, 0.25) is 0 Å². The van der Waals surface area contributed by atoms with Crippen LogP contribution in [0.25, 0.3) is 0 Å². The minimum Gasteiger partial charge on any atom is -0.400 e. The number of carbonyl (C=O) groups excluding carboxylic acids is 1. The number of amidine groups is 1. The highest BCUT2D eigenvalue weighted by atomic mass is 16.5. The summed E-state index contributed by atoms with van der Waals surface area (Å²) in [4.78, 5) is 26.0. The van der Waals surface area contributed by atoms with Crippen molar-refractivity contribution in [3.8, 4) is 0 Å². The van der Waals surface area contributed by atoms with Crippen LogP contribution in [0.2, 0.25) is 0 Å². The number of carbonyl (C=O) groups is 1. The molecule has 7 N–H and O–H groups in total. The van der Waals surface area contributed by atoms with Gasteiger partial charge in [-0.2, -0.15) is 0 Å². The minimum absolute atomic E-state index is 0.000537. The lowest BCUT2D eigenvalue weighted by atomic mass is 9.91. The smallest absolute Gasteiger partial charge is 0.318 e. The van der Waals surface area contributed by atoms with Crippen molar-refractivity contribution in [2.75, 3.05) is 45.7 Å². The number of likely N-dealkylation sites (N-methyl/N-ethyl adjacent to an activating group) is 1. The van der Waals surface area contributed by atoms with Gasteiger partial charge >= 0.3 is 6.03 Å². The van der Waals surface area contributed by atoms with E-state index in [-0.39, 0.29) is 24.5 Å². The molecule has 0 bridgehead atoms. The molecule has 3 heterocycles. The van der Waals surface area contributed by atoms with E-state index < -0.39 is 11.8 Å². The quantitative estimate of drug-likeness (QED) is 0.147. The summed E-state index contributed by atoms with van der Waals surface area (Å²) >= 11 is 0. The first-order valence-electron chi connectivity index (χ1n) is 12.2. The van der Waals surface area contributed by atoms with Gasteiger partial charge in [0.15, 0.2) is 5.82 Å². The fraction of sp³-hybridized carbons (Fsp3) is 0.560. The summed E-state index contributed by atoms with van der Waals surface area (Å²) in [5, 5.41) is 15.7. The van der Waals surface area contributed by atoms with Crippen LogP contribution in [0.4, 0.5) is 16.3 Å². The van der Waals surface area contributed by atoms with Crippen molar-refractivity contribution in [2.24, 2.45) is 22.4 Å². The monoisotopic (exact) mass is 500 g/mol. The van der Waals surface area contributed by atoms with E-state index in [1.807, 2.05) is 27.9 Å². The Hall–Kier alpha value is -3.15. The molecule has 2 aliphatic rings. The Morgan fingerprint density at radius 3 is 2.69 bits per heavy atom. The fourth-order valence-corrected chi connectivity index (χ4v) is 4.52. The van der Waals surface area contributed by atoms with Crippen molar-refractivity contribution >= 4 is 23.4 Å². The molecule has 198 valence electrons. The Kier molecular flexibility index (Phi) is 8.93. The van der Waals surface area contributed by atoms with E-state index in [0.29, 0.717) is 41.9 Å². The Morgan fingerprint density at radius 1 is 1.42 bits per heavy atom. The average molecular weight is 501 g/mol. The Morgan fingerprint density at radius 2 is 2.11 bits per heavy atom. The van der Waals surface area contributed by atoms with Gasteiger partial charge in [0.05, 0.1) is 24.0 Å². The van der Waals surface area contributed by atoms with Crippen LogP contribution >= 0.6 is 0 Å². The molecular weight excluding hydrogens is 460 g/mol. The SMILES string of the molecule is C=CC(O)Nc1ccc(N=C(N)C2=C(N)C(C)(C)N(C(=O)N[C@H](CN(C)C)C3CCOCC3)C2)nc1. The van der Waals surface area contributed by atoms with Gasteiger partial charge in [0, 0.05) is 37.1 Å². The molecule has 2 atom stereocenters. The molecule has 2 aliphatic heterocycles. The number of amides is 2. The number of rotatable bonds is 9. The van der Waals surface area contributed by atoms with Crippen molar-refractivity contribution in [3.05, 3.63) is 42.3 Å². The molecule has 11 heteroatoms. The third-order valence-corrected chi connectivity index (χ3v) is 6.76. The van der Waals surface area contributed by atoms with Gasteiger partial charge in [-0.3, -0.25) is 0 Å². The highest BCUT2D eigenvalue weighted by Gasteiger charge is 2.43. The molecule has 0 saturated carbocycles. The fourth-order valence-electron chi connectivity index (χ4n) is 4.52. The maximum atomic E-state index is 13.5. The van der Waals surface area contributed by atoms with E-state index in [4.69, 9.17) is 16.2 Å². The van der Waals surface area contributed by atoms with Crippen LogP contribution < -0.4 is 22.1 Å². The number of urea groups is 1. The molecule has 1 saturated heterocycles. The minimum atomic E-state index is -0.877. The number of aliphatic hydroxyl groups is 1. The predicted octanol–water partition coefficient (Wildman–Crippen LogP) is 1.36. The maximum absolute atomic E-state index is 13.5. The molecule has 0 spiro atoms. The first-order chi connectivity index (χ1) is 17.0. The molecule has 0 aromatic carbocycles. The highest BCUT2D eigenvalue weighted by Crippen LogP contribution is 2.32. The van der Waals surface area contributed by atoms with Crippen LogP contribution in [0.3, 0.4) is 0 Å². The number of nitrogens with one attached hydrogen (secondary N) is 2. The molecule has 3 rings (SSSR count). The number of hydrogen-bond acceptors (Lipinski definition) is 8. The van der Waals surface area contributed by atoms with Crippen LogP contribution in [0.1, 0.15) is 26.7 Å². The van der Waals surface area contributed by atoms with Gasteiger partial charge in [0.25, 0.3) is 0 Å². The molecule has 11 nitrogen and oxygen atoms in total. The summed E-state index contributed by atoms with van der Waals surface area (Å²) in [6.07, 6.45) is 3.87. The number of hydrogen-bond donors (Lipinski definition) is 5. The van der Waals surface area contributed by atoms with E-state index >= 15 is 0 Å². The zero-order valence-corrected chi connectivity index (χ0v) is 21.7. The molecule has 1 unspecified atom stereocenters. The van der Waals surface area contributed by atoms with Gasteiger partial charge < -0.3 is 41.7 Å². The van der Waals surface area contributed by atoms with Crippen molar-refractivity contribution in [3.63, 3.8) is 0 Å². The molecular formula is C25H40N8O3. The van der Waals surface area contributed by atoms with E-state index in [1.54, 1.807) is 17.0 Å². The van der Waals surface area contributed by atoms with Gasteiger partial charge in [-0.25, -0.2) is 14.8 Å². The van der Waals surface area contributed by atoms with Crippen LogP contribution in [0.15, 0.2) is 47.2 Å². The highest BCUT2D eigenvalue weighted by molar-refractivity contribution is 6.01. The number of anilines is 1. The zero-order valence-electron chi connectivity index (χ0n) is 21.7. The largest absolute Gasteiger partial charge is 0.400 e. The first-order valence-corrected chi connectivity index (χ1v) is 12.2. The lowest BCUT2D eigenvalue weighted by Crippen LogP contribution is -2.56. The predicted molar refractivity (Wildman–Crippen MR) is 142 cm³/mol. The molecule has 0 radical (unpaired) electrons. The third-order valence-electron chi connectivity index (χ3n) is 6.76. The summed E-state index contributed by atoms with van der Waals surface area (Å²) in [6, 6.07) is 3.22. The number of aromatic nitrogens is 1. The summed E-state index contributed by atoms with van der Waals surface area (Å²) < 4.78 is 5.51. The number of aliphatic hydroxyl groups excluding tert-OH is 1. The normalized spacial score (nSPS) is 20.4. The second kappa shape index (κ2) is 11.7. The van der Waals surface area contributed by atoms with Crippen molar-refractivity contribution in [1.29, 1.82) is 0 Å². The van der Waals surface area contributed by atoms with E-state index in [9.17, 15) is 9.90 Å². The van der Waals surface area contributed by atoms with Crippen LogP contribution in [-0.4, -0.2) is 90.0 Å². The zero-order chi connectivity index (χ0) is 26.5. The van der Waals surface area contributed by atoms with Crippen LogP contribution in [0.5, 0.6) is 0 Å². The van der Waals surface area contributed by atoms with E-state index in [0.717, 1.165) is 19.4 Å². The molecule has 0 aliphatic carbocycles. The second-order valence-electron chi connectivity index (χ2n) is 10.0. The third kappa shape index (κ3) is 6.54. The van der Waals surface area contributed by atoms with Gasteiger partial charge in [-0.15, -0.1) is 0 Å². The van der Waals surface area contributed by atoms with E-state index in [1.165, 1.54) is 12.3 Å². The first kappa shape index (κ1) is 27.4. The molecule has 1 aromatic heterocycles. The van der Waals surface area contributed by atoms with Crippen LogP contribution in [0, 0.1) is 5.92 Å². The molecule has 36 heavy (non-hydrogen) atoms. The number of ether oxygens (including phenoxy) is 1. The lowest BCUT2D eigenvalue weighted by molar-refractivity contribution is 0.0498. The topological polar surface area (TPSA) is 154 Å². The molecule has 2 amide bonds. The van der Waals surface area contributed by atoms with Crippen molar-refractivity contribution in [1.82, 2.24) is 20.1 Å². The van der Waals surface area contributed by atoms with Gasteiger partial charge in [-0.1, -0.05) is 6.58 Å². The maximum Gasteiger partial charge on any atom is 0.318 e. The molecule has 1 fully saturated rings. The number of nitrogens with two attached hydrogens (primary N) is 2. The van der Waals surface area contributed by atoms with Crippen LogP contribution in [-0.2, 0) is 4.74 Å². The lowest BCUT2D eigenvalue weighted by Gasteiger charge is -2.37. The Labute approximate surface area is 213 Å². The summed E-state index contributed by atoms with van der Waals surface area (Å²) in [5.41, 5.74) is 13.8. The van der Waals surface area contributed by atoms with Gasteiger partial charge in [-0.05, 0) is 64.9 Å².